The molecular weight excluding hydrogens is 170 g/mol. The van der Waals surface area contributed by atoms with E-state index in [9.17, 15) is 9.59 Å². The quantitative estimate of drug-likeness (QED) is 0.582. The molecule has 2 aliphatic rings. The van der Waals surface area contributed by atoms with Crippen LogP contribution in [0.2, 0.25) is 0 Å². The number of amides is 1. The van der Waals surface area contributed by atoms with Crippen molar-refractivity contribution in [2.24, 2.45) is 17.8 Å². The summed E-state index contributed by atoms with van der Waals surface area (Å²) in [5, 5.41) is 2.62. The molecular formula is C9H11NO3. The first kappa shape index (κ1) is 8.29. The summed E-state index contributed by atoms with van der Waals surface area (Å²) in [7, 11) is 1.38. The maximum Gasteiger partial charge on any atom is 0.309 e. The molecule has 1 N–H and O–H groups in total. The highest BCUT2D eigenvalue weighted by molar-refractivity contribution is 5.86. The van der Waals surface area contributed by atoms with Crippen LogP contribution >= 0.6 is 0 Å². The van der Waals surface area contributed by atoms with E-state index in [2.05, 4.69) is 10.1 Å². The number of hydrogen-bond acceptors (Lipinski definition) is 3. The third-order valence-electron chi connectivity index (χ3n) is 2.82. The van der Waals surface area contributed by atoms with E-state index >= 15 is 0 Å². The van der Waals surface area contributed by atoms with E-state index in [0.29, 0.717) is 6.42 Å². The number of methoxy groups -OCH3 is 1. The van der Waals surface area contributed by atoms with Gasteiger partial charge in [-0.15, -0.1) is 0 Å². The average molecular weight is 181 g/mol. The number of carbonyl (C=O) groups is 2. The van der Waals surface area contributed by atoms with Gasteiger partial charge in [-0.3, -0.25) is 9.59 Å². The van der Waals surface area contributed by atoms with Gasteiger partial charge in [-0.05, 0) is 6.42 Å². The van der Waals surface area contributed by atoms with Gasteiger partial charge in [-0.2, -0.15) is 0 Å². The first-order valence-electron chi connectivity index (χ1n) is 4.29. The van der Waals surface area contributed by atoms with Gasteiger partial charge in [0, 0.05) is 18.0 Å². The molecule has 3 atom stereocenters. The number of nitrogens with one attached hydrogen (secondary N) is 1. The fraction of sp³-hybridized carbons (Fsp3) is 0.556. The van der Waals surface area contributed by atoms with Crippen molar-refractivity contribution in [1.29, 1.82) is 0 Å². The molecule has 1 fully saturated rings. The molecule has 1 heterocycles. The van der Waals surface area contributed by atoms with Crippen molar-refractivity contribution in [2.75, 3.05) is 7.11 Å². The molecule has 0 radical (unpaired) electrons. The van der Waals surface area contributed by atoms with Crippen LogP contribution in [0.4, 0.5) is 0 Å². The molecule has 70 valence electrons. The zero-order valence-corrected chi connectivity index (χ0v) is 7.32. The zero-order chi connectivity index (χ0) is 9.42. The van der Waals surface area contributed by atoms with Crippen LogP contribution in [0.15, 0.2) is 12.3 Å². The topological polar surface area (TPSA) is 55.4 Å². The molecule has 2 rings (SSSR count). The lowest BCUT2D eigenvalue weighted by Crippen LogP contribution is -2.50. The molecule has 0 aromatic rings. The molecule has 0 bridgehead atoms. The number of carbonyl (C=O) groups excluding carboxylic acids is 2. The number of allylic oxidation sites excluding steroid dienone is 1. The standard InChI is InChI=1S/C9H11NO3/c1-13-9(12)7-4-6-5(7)2-3-10-8(6)11/h2-3,5-7H,4H2,1H3,(H,10,11). The van der Waals surface area contributed by atoms with Gasteiger partial charge >= 0.3 is 5.97 Å². The van der Waals surface area contributed by atoms with Gasteiger partial charge in [0.05, 0.1) is 13.0 Å². The Morgan fingerprint density at radius 3 is 3.15 bits per heavy atom. The predicted molar refractivity (Wildman–Crippen MR) is 44.4 cm³/mol. The third kappa shape index (κ3) is 1.13. The summed E-state index contributed by atoms with van der Waals surface area (Å²) in [5.74, 6) is -0.263. The Morgan fingerprint density at radius 1 is 1.69 bits per heavy atom. The highest BCUT2D eigenvalue weighted by Gasteiger charge is 2.49. The van der Waals surface area contributed by atoms with Crippen molar-refractivity contribution in [1.82, 2.24) is 5.32 Å². The van der Waals surface area contributed by atoms with Crippen molar-refractivity contribution in [3.05, 3.63) is 12.3 Å². The lowest BCUT2D eigenvalue weighted by atomic mass is 9.63. The molecule has 4 heteroatoms. The molecule has 13 heavy (non-hydrogen) atoms. The SMILES string of the molecule is COC(=O)C1CC2C(=O)NC=CC21. The van der Waals surface area contributed by atoms with Gasteiger partial charge in [-0.25, -0.2) is 0 Å². The van der Waals surface area contributed by atoms with Gasteiger partial charge in [0.15, 0.2) is 0 Å². The Balaban J connectivity index is 2.08. The molecule has 1 aliphatic carbocycles. The van der Waals surface area contributed by atoms with E-state index in [4.69, 9.17) is 0 Å². The number of rotatable bonds is 1. The Labute approximate surface area is 75.9 Å². The molecule has 1 amide bonds. The lowest BCUT2D eigenvalue weighted by Gasteiger charge is -2.41. The number of fused-ring (bicyclic) bond motifs is 1. The summed E-state index contributed by atoms with van der Waals surface area (Å²) >= 11 is 0. The van der Waals surface area contributed by atoms with E-state index in [1.54, 1.807) is 6.20 Å². The van der Waals surface area contributed by atoms with Gasteiger partial charge in [0.2, 0.25) is 5.91 Å². The molecule has 1 aliphatic heterocycles. The van der Waals surface area contributed by atoms with Crippen LogP contribution in [0.5, 0.6) is 0 Å². The van der Waals surface area contributed by atoms with E-state index in [0.717, 1.165) is 0 Å². The monoisotopic (exact) mass is 181 g/mol. The Morgan fingerprint density at radius 2 is 2.46 bits per heavy atom. The number of hydrogen-bond donors (Lipinski definition) is 1. The highest BCUT2D eigenvalue weighted by atomic mass is 16.5. The maximum absolute atomic E-state index is 11.2. The van der Waals surface area contributed by atoms with Crippen LogP contribution in [0.3, 0.4) is 0 Å². The largest absolute Gasteiger partial charge is 0.469 e. The fourth-order valence-electron chi connectivity index (χ4n) is 1.98. The smallest absolute Gasteiger partial charge is 0.309 e. The molecule has 0 saturated heterocycles. The van der Waals surface area contributed by atoms with E-state index < -0.39 is 0 Å². The summed E-state index contributed by atoms with van der Waals surface area (Å²) < 4.78 is 4.63. The molecule has 3 unspecified atom stereocenters. The summed E-state index contributed by atoms with van der Waals surface area (Å²) in [6.07, 6.45) is 4.10. The van der Waals surface area contributed by atoms with E-state index in [1.165, 1.54) is 7.11 Å². The first-order chi connectivity index (χ1) is 6.24. The average Bonchev–Trinajstić information content (AvgIpc) is 2.08. The summed E-state index contributed by atoms with van der Waals surface area (Å²) in [6, 6.07) is 0. The lowest BCUT2D eigenvalue weighted by molar-refractivity contribution is -0.156. The van der Waals surface area contributed by atoms with Crippen molar-refractivity contribution < 1.29 is 14.3 Å². The van der Waals surface area contributed by atoms with Crippen LogP contribution in [-0.4, -0.2) is 19.0 Å². The second-order valence-electron chi connectivity index (χ2n) is 3.42. The normalized spacial score (nSPS) is 35.8. The van der Waals surface area contributed by atoms with E-state index in [1.807, 2.05) is 6.08 Å². The second-order valence-corrected chi connectivity index (χ2v) is 3.42. The molecule has 0 aromatic heterocycles. The fourth-order valence-corrected chi connectivity index (χ4v) is 1.98. The molecule has 4 nitrogen and oxygen atoms in total. The second kappa shape index (κ2) is 2.87. The Bertz CT molecular complexity index is 285. The Kier molecular flexibility index (Phi) is 1.83. The molecule has 1 saturated carbocycles. The van der Waals surface area contributed by atoms with Crippen molar-refractivity contribution >= 4 is 11.9 Å². The minimum atomic E-state index is -0.208. The molecule has 0 spiro atoms. The summed E-state index contributed by atoms with van der Waals surface area (Å²) in [5.41, 5.74) is 0. The number of ether oxygens (including phenoxy) is 1. The maximum atomic E-state index is 11.2. The van der Waals surface area contributed by atoms with Crippen LogP contribution in [0, 0.1) is 17.8 Å². The van der Waals surface area contributed by atoms with Crippen LogP contribution < -0.4 is 5.32 Å². The van der Waals surface area contributed by atoms with E-state index in [-0.39, 0.29) is 29.6 Å². The van der Waals surface area contributed by atoms with Crippen LogP contribution in [0.25, 0.3) is 0 Å². The van der Waals surface area contributed by atoms with Crippen molar-refractivity contribution in [3.8, 4) is 0 Å². The first-order valence-corrected chi connectivity index (χ1v) is 4.29. The van der Waals surface area contributed by atoms with Crippen molar-refractivity contribution in [2.45, 2.75) is 6.42 Å². The van der Waals surface area contributed by atoms with Gasteiger partial charge < -0.3 is 10.1 Å². The summed E-state index contributed by atoms with van der Waals surface area (Å²) in [6.45, 7) is 0. The zero-order valence-electron chi connectivity index (χ0n) is 7.32. The van der Waals surface area contributed by atoms with Gasteiger partial charge in [-0.1, -0.05) is 6.08 Å². The van der Waals surface area contributed by atoms with Crippen LogP contribution in [-0.2, 0) is 14.3 Å². The summed E-state index contributed by atoms with van der Waals surface area (Å²) in [4.78, 5) is 22.4. The minimum Gasteiger partial charge on any atom is -0.469 e. The van der Waals surface area contributed by atoms with Gasteiger partial charge in [0.25, 0.3) is 0 Å². The molecule has 0 aromatic carbocycles. The highest BCUT2D eigenvalue weighted by Crippen LogP contribution is 2.43. The Hall–Kier alpha value is -1.32. The van der Waals surface area contributed by atoms with Crippen LogP contribution in [0.1, 0.15) is 6.42 Å². The van der Waals surface area contributed by atoms with Crippen molar-refractivity contribution in [3.63, 3.8) is 0 Å². The predicted octanol–water partition coefficient (Wildman–Crippen LogP) is 0.0552. The third-order valence-corrected chi connectivity index (χ3v) is 2.82. The minimum absolute atomic E-state index is 0.0194. The van der Waals surface area contributed by atoms with Gasteiger partial charge in [0.1, 0.15) is 0 Å². The number of esters is 1.